The highest BCUT2D eigenvalue weighted by Gasteiger charge is 2.04. The van der Waals surface area contributed by atoms with E-state index in [1.165, 1.54) is 5.56 Å². The van der Waals surface area contributed by atoms with Crippen LogP contribution in [0.1, 0.15) is 18.3 Å². The number of nitrogens with zero attached hydrogens (tertiary/aromatic N) is 4. The van der Waals surface area contributed by atoms with Crippen LogP contribution in [-0.2, 0) is 19.6 Å². The fourth-order valence-electron chi connectivity index (χ4n) is 3.05. The number of hydrogen-bond acceptors (Lipinski definition) is 3. The van der Waals surface area contributed by atoms with Gasteiger partial charge in [0.05, 0.1) is 17.6 Å². The number of aromatic nitrogens is 4. The van der Waals surface area contributed by atoms with Gasteiger partial charge in [-0.1, -0.05) is 24.3 Å². The smallest absolute Gasteiger partial charge is 0.122 e. The van der Waals surface area contributed by atoms with Crippen LogP contribution in [0.25, 0.3) is 16.7 Å². The number of para-hydroxylation sites is 2. The lowest BCUT2D eigenvalue weighted by atomic mass is 10.2. The lowest BCUT2D eigenvalue weighted by Gasteiger charge is -2.08. The second-order valence-electron chi connectivity index (χ2n) is 6.00. The molecule has 0 bridgehead atoms. The molecule has 2 aromatic carbocycles. The van der Waals surface area contributed by atoms with E-state index in [1.54, 1.807) is 0 Å². The lowest BCUT2D eigenvalue weighted by Crippen LogP contribution is -2.16. The van der Waals surface area contributed by atoms with Gasteiger partial charge in [-0.15, -0.1) is 0 Å². The second-order valence-corrected chi connectivity index (χ2v) is 6.00. The van der Waals surface area contributed by atoms with Crippen molar-refractivity contribution < 1.29 is 0 Å². The van der Waals surface area contributed by atoms with E-state index in [9.17, 15) is 0 Å². The van der Waals surface area contributed by atoms with Gasteiger partial charge in [-0.25, -0.2) is 9.97 Å². The van der Waals surface area contributed by atoms with E-state index in [4.69, 9.17) is 0 Å². The Morgan fingerprint density at radius 2 is 1.80 bits per heavy atom. The zero-order valence-corrected chi connectivity index (χ0v) is 14.3. The molecule has 1 N–H and O–H groups in total. The molecule has 5 nitrogen and oxygen atoms in total. The minimum atomic E-state index is 0.773. The number of benzene rings is 2. The van der Waals surface area contributed by atoms with Crippen molar-refractivity contribution in [3.63, 3.8) is 0 Å². The molecule has 0 aliphatic rings. The molecule has 4 rings (SSSR count). The van der Waals surface area contributed by atoms with Crippen LogP contribution in [0.3, 0.4) is 0 Å². The van der Waals surface area contributed by atoms with Crippen LogP contribution in [0.4, 0.5) is 0 Å². The van der Waals surface area contributed by atoms with Gasteiger partial charge in [-0.3, -0.25) is 4.57 Å². The average molecular weight is 331 g/mol. The summed E-state index contributed by atoms with van der Waals surface area (Å²) in [6, 6.07) is 16.8. The van der Waals surface area contributed by atoms with Crippen LogP contribution in [0.15, 0.2) is 67.3 Å². The maximum absolute atomic E-state index is 4.45. The van der Waals surface area contributed by atoms with Crippen LogP contribution >= 0.6 is 0 Å². The number of nitrogens with one attached hydrogen (secondary N) is 1. The van der Waals surface area contributed by atoms with E-state index in [2.05, 4.69) is 61.7 Å². The van der Waals surface area contributed by atoms with Crippen molar-refractivity contribution in [2.45, 2.75) is 26.6 Å². The van der Waals surface area contributed by atoms with Crippen molar-refractivity contribution in [1.82, 2.24) is 24.4 Å². The molecule has 2 aromatic heterocycles. The molecule has 0 amide bonds. The van der Waals surface area contributed by atoms with Gasteiger partial charge >= 0.3 is 0 Å². The van der Waals surface area contributed by atoms with E-state index in [0.717, 1.165) is 42.2 Å². The Balaban J connectivity index is 1.43. The molecule has 0 unspecified atom stereocenters. The summed E-state index contributed by atoms with van der Waals surface area (Å²) in [4.78, 5) is 8.84. The van der Waals surface area contributed by atoms with Crippen LogP contribution in [0.5, 0.6) is 0 Å². The van der Waals surface area contributed by atoms with Gasteiger partial charge in [0.25, 0.3) is 0 Å². The summed E-state index contributed by atoms with van der Waals surface area (Å²) in [7, 11) is 0. The summed E-state index contributed by atoms with van der Waals surface area (Å²) >= 11 is 0. The molecule has 126 valence electrons. The lowest BCUT2D eigenvalue weighted by molar-refractivity contribution is 0.613. The average Bonchev–Trinajstić information content (AvgIpc) is 3.29. The molecular weight excluding hydrogens is 310 g/mol. The first kappa shape index (κ1) is 15.6. The molecule has 0 saturated heterocycles. The molecule has 0 fully saturated rings. The summed E-state index contributed by atoms with van der Waals surface area (Å²) < 4.78 is 4.27. The van der Waals surface area contributed by atoms with Crippen molar-refractivity contribution in [2.75, 3.05) is 0 Å². The molecule has 4 aromatic rings. The maximum Gasteiger partial charge on any atom is 0.122 e. The predicted octanol–water partition coefficient (Wildman–Crippen LogP) is 3.53. The predicted molar refractivity (Wildman–Crippen MR) is 99.5 cm³/mol. The Morgan fingerprint density at radius 3 is 2.64 bits per heavy atom. The van der Waals surface area contributed by atoms with Gasteiger partial charge in [-0.05, 0) is 36.8 Å². The van der Waals surface area contributed by atoms with E-state index >= 15 is 0 Å². The summed E-state index contributed by atoms with van der Waals surface area (Å²) in [6.45, 7) is 4.67. The minimum absolute atomic E-state index is 0.773. The van der Waals surface area contributed by atoms with Crippen molar-refractivity contribution in [1.29, 1.82) is 0 Å². The maximum atomic E-state index is 4.45. The fraction of sp³-hybridized carbons (Fsp3) is 0.200. The van der Waals surface area contributed by atoms with Crippen LogP contribution in [0, 0.1) is 0 Å². The molecule has 0 radical (unpaired) electrons. The van der Waals surface area contributed by atoms with Gasteiger partial charge in [-0.2, -0.15) is 0 Å². The third-order valence-electron chi connectivity index (χ3n) is 4.42. The summed E-state index contributed by atoms with van der Waals surface area (Å²) in [5.41, 5.74) is 4.51. The number of hydrogen-bond donors (Lipinski definition) is 1. The number of fused-ring (bicyclic) bond motifs is 1. The fourth-order valence-corrected chi connectivity index (χ4v) is 3.05. The minimum Gasteiger partial charge on any atom is -0.334 e. The number of imidazole rings is 2. The van der Waals surface area contributed by atoms with E-state index < -0.39 is 0 Å². The molecule has 25 heavy (non-hydrogen) atoms. The quantitative estimate of drug-likeness (QED) is 0.588. The highest BCUT2D eigenvalue weighted by Crippen LogP contribution is 2.18. The Labute approximate surface area is 147 Å². The van der Waals surface area contributed by atoms with Crippen LogP contribution in [-0.4, -0.2) is 19.1 Å². The van der Waals surface area contributed by atoms with Gasteiger partial charge < -0.3 is 9.88 Å². The van der Waals surface area contributed by atoms with E-state index in [1.807, 2.05) is 36.9 Å². The highest BCUT2D eigenvalue weighted by atomic mass is 15.1. The molecule has 0 spiro atoms. The molecule has 0 aliphatic heterocycles. The second kappa shape index (κ2) is 6.91. The Kier molecular flexibility index (Phi) is 4.31. The van der Waals surface area contributed by atoms with Crippen molar-refractivity contribution >= 4 is 11.0 Å². The largest absolute Gasteiger partial charge is 0.334 e. The zero-order chi connectivity index (χ0) is 17.1. The zero-order valence-electron chi connectivity index (χ0n) is 14.3. The normalized spacial score (nSPS) is 11.2. The summed E-state index contributed by atoms with van der Waals surface area (Å²) in [5.74, 6) is 1.07. The standard InChI is InChI=1S/C20H21N5/c1-2-24-12-11-22-20(24)14-21-13-16-7-9-17(10-8-16)25-15-23-18-5-3-4-6-19(18)25/h3-12,15,21H,2,13-14H2,1H3. The molecular formula is C20H21N5. The Morgan fingerprint density at radius 1 is 0.960 bits per heavy atom. The first-order valence-corrected chi connectivity index (χ1v) is 8.57. The molecule has 0 saturated carbocycles. The van der Waals surface area contributed by atoms with Crippen LogP contribution < -0.4 is 5.32 Å². The van der Waals surface area contributed by atoms with Crippen molar-refractivity contribution in [3.05, 3.63) is 78.6 Å². The van der Waals surface area contributed by atoms with Gasteiger partial charge in [0.1, 0.15) is 12.2 Å². The SMILES string of the molecule is CCn1ccnc1CNCc1ccc(-n2cnc3ccccc32)cc1. The third-order valence-corrected chi connectivity index (χ3v) is 4.42. The summed E-state index contributed by atoms with van der Waals surface area (Å²) in [5, 5.41) is 3.46. The Bertz CT molecular complexity index is 965. The monoisotopic (exact) mass is 331 g/mol. The first-order valence-electron chi connectivity index (χ1n) is 8.57. The molecule has 5 heteroatoms. The van der Waals surface area contributed by atoms with Crippen molar-refractivity contribution in [3.8, 4) is 5.69 Å². The molecule has 2 heterocycles. The topological polar surface area (TPSA) is 47.7 Å². The van der Waals surface area contributed by atoms with Gasteiger partial charge in [0, 0.05) is 31.2 Å². The highest BCUT2D eigenvalue weighted by molar-refractivity contribution is 5.77. The number of rotatable bonds is 6. The van der Waals surface area contributed by atoms with Crippen LogP contribution in [0.2, 0.25) is 0 Å². The van der Waals surface area contributed by atoms with Gasteiger partial charge in [0.15, 0.2) is 0 Å². The summed E-state index contributed by atoms with van der Waals surface area (Å²) in [6.07, 6.45) is 5.74. The van der Waals surface area contributed by atoms with Gasteiger partial charge in [0.2, 0.25) is 0 Å². The van der Waals surface area contributed by atoms with Crippen molar-refractivity contribution in [2.24, 2.45) is 0 Å². The molecule has 0 atom stereocenters. The third kappa shape index (κ3) is 3.19. The Hall–Kier alpha value is -2.92. The first-order chi connectivity index (χ1) is 12.3. The number of aryl methyl sites for hydroxylation is 1. The molecule has 0 aliphatic carbocycles. The van der Waals surface area contributed by atoms with E-state index in [-0.39, 0.29) is 0 Å². The van der Waals surface area contributed by atoms with E-state index in [0.29, 0.717) is 0 Å².